The van der Waals surface area contributed by atoms with E-state index in [-0.39, 0.29) is 18.1 Å². The van der Waals surface area contributed by atoms with Gasteiger partial charge in [0.2, 0.25) is 0 Å². The smallest absolute Gasteiger partial charge is 0.338 e. The van der Waals surface area contributed by atoms with Crippen LogP contribution < -0.4 is 14.8 Å². The average Bonchev–Trinajstić information content (AvgIpc) is 2.52. The maximum atomic E-state index is 12.1. The number of halogens is 1. The SMILES string of the molecule is CCOc1c(Br)cc(C(=O)OCC(=O)NCC(C)C)cc1OC. The first-order valence-electron chi connectivity index (χ1n) is 7.33. The molecule has 0 fully saturated rings. The molecule has 23 heavy (non-hydrogen) atoms. The third-order valence-electron chi connectivity index (χ3n) is 2.80. The molecular weight excluding hydrogens is 366 g/mol. The highest BCUT2D eigenvalue weighted by Gasteiger charge is 2.17. The summed E-state index contributed by atoms with van der Waals surface area (Å²) in [6, 6.07) is 3.09. The molecule has 0 unspecified atom stereocenters. The Labute approximate surface area is 144 Å². The van der Waals surface area contributed by atoms with Crippen LogP contribution >= 0.6 is 15.9 Å². The van der Waals surface area contributed by atoms with E-state index in [4.69, 9.17) is 14.2 Å². The van der Waals surface area contributed by atoms with E-state index in [1.807, 2.05) is 20.8 Å². The zero-order valence-electron chi connectivity index (χ0n) is 13.8. The Morgan fingerprint density at radius 3 is 2.57 bits per heavy atom. The van der Waals surface area contributed by atoms with Crippen LogP contribution in [0.1, 0.15) is 31.1 Å². The molecule has 0 heterocycles. The Bertz CT molecular complexity index is 560. The van der Waals surface area contributed by atoms with Crippen molar-refractivity contribution in [3.63, 3.8) is 0 Å². The number of rotatable bonds is 8. The fraction of sp³-hybridized carbons (Fsp3) is 0.500. The van der Waals surface area contributed by atoms with Gasteiger partial charge in [0.1, 0.15) is 0 Å². The van der Waals surface area contributed by atoms with Crippen molar-refractivity contribution in [3.8, 4) is 11.5 Å². The van der Waals surface area contributed by atoms with Gasteiger partial charge in [-0.25, -0.2) is 4.79 Å². The van der Waals surface area contributed by atoms with Crippen molar-refractivity contribution < 1.29 is 23.8 Å². The van der Waals surface area contributed by atoms with Crippen molar-refractivity contribution in [2.45, 2.75) is 20.8 Å². The molecule has 7 heteroatoms. The molecular formula is C16H22BrNO5. The lowest BCUT2D eigenvalue weighted by atomic mass is 10.2. The van der Waals surface area contributed by atoms with E-state index >= 15 is 0 Å². The second-order valence-corrected chi connectivity index (χ2v) is 6.05. The first kappa shape index (κ1) is 19.3. The molecule has 6 nitrogen and oxygen atoms in total. The molecule has 128 valence electrons. The van der Waals surface area contributed by atoms with Gasteiger partial charge in [0.15, 0.2) is 18.1 Å². The minimum absolute atomic E-state index is 0.272. The topological polar surface area (TPSA) is 73.9 Å². The zero-order chi connectivity index (χ0) is 17.4. The molecule has 0 atom stereocenters. The number of ether oxygens (including phenoxy) is 3. The molecule has 0 radical (unpaired) electrons. The van der Waals surface area contributed by atoms with E-state index in [0.29, 0.717) is 35.0 Å². The summed E-state index contributed by atoms with van der Waals surface area (Å²) in [6.07, 6.45) is 0. The minimum Gasteiger partial charge on any atom is -0.493 e. The highest BCUT2D eigenvalue weighted by molar-refractivity contribution is 9.10. The number of carbonyl (C=O) groups is 2. The average molecular weight is 388 g/mol. The maximum absolute atomic E-state index is 12.1. The van der Waals surface area contributed by atoms with Crippen LogP contribution in [0.4, 0.5) is 0 Å². The summed E-state index contributed by atoms with van der Waals surface area (Å²) in [6.45, 7) is 6.50. The molecule has 0 aliphatic carbocycles. The summed E-state index contributed by atoms with van der Waals surface area (Å²) in [5.41, 5.74) is 0.272. The van der Waals surface area contributed by atoms with Crippen LogP contribution in [0.2, 0.25) is 0 Å². The van der Waals surface area contributed by atoms with Crippen molar-refractivity contribution in [2.24, 2.45) is 5.92 Å². The fourth-order valence-corrected chi connectivity index (χ4v) is 2.26. The van der Waals surface area contributed by atoms with Gasteiger partial charge in [0.25, 0.3) is 5.91 Å². The molecule has 0 bridgehead atoms. The van der Waals surface area contributed by atoms with Crippen LogP contribution in [0.15, 0.2) is 16.6 Å². The molecule has 0 aliphatic rings. The lowest BCUT2D eigenvalue weighted by Gasteiger charge is -2.13. The van der Waals surface area contributed by atoms with Crippen LogP contribution in [-0.4, -0.2) is 38.7 Å². The number of hydrogen-bond donors (Lipinski definition) is 1. The fourth-order valence-electron chi connectivity index (χ4n) is 1.71. The molecule has 1 aromatic rings. The lowest BCUT2D eigenvalue weighted by Crippen LogP contribution is -2.31. The summed E-state index contributed by atoms with van der Waals surface area (Å²) < 4.78 is 16.3. The monoisotopic (exact) mass is 387 g/mol. The summed E-state index contributed by atoms with van der Waals surface area (Å²) >= 11 is 3.34. The van der Waals surface area contributed by atoms with Crippen LogP contribution in [0.3, 0.4) is 0 Å². The normalized spacial score (nSPS) is 10.3. The zero-order valence-corrected chi connectivity index (χ0v) is 15.4. The first-order chi connectivity index (χ1) is 10.9. The molecule has 0 aliphatic heterocycles. The van der Waals surface area contributed by atoms with E-state index in [1.165, 1.54) is 13.2 Å². The molecule has 0 saturated heterocycles. The quantitative estimate of drug-likeness (QED) is 0.694. The van der Waals surface area contributed by atoms with Crippen LogP contribution in [-0.2, 0) is 9.53 Å². The van der Waals surface area contributed by atoms with Gasteiger partial charge in [0.05, 0.1) is 23.8 Å². The minimum atomic E-state index is -0.605. The van der Waals surface area contributed by atoms with Crippen molar-refractivity contribution >= 4 is 27.8 Å². The Kier molecular flexibility index (Phi) is 7.88. The largest absolute Gasteiger partial charge is 0.493 e. The molecule has 0 saturated carbocycles. The van der Waals surface area contributed by atoms with Crippen molar-refractivity contribution in [1.82, 2.24) is 5.32 Å². The summed E-state index contributed by atoms with van der Waals surface area (Å²) in [5.74, 6) is 0.329. The second-order valence-electron chi connectivity index (χ2n) is 5.20. The number of methoxy groups -OCH3 is 1. The van der Waals surface area contributed by atoms with E-state index < -0.39 is 5.97 Å². The third kappa shape index (κ3) is 6.09. The number of benzene rings is 1. The number of nitrogens with one attached hydrogen (secondary N) is 1. The standard InChI is InChI=1S/C16H22BrNO5/c1-5-22-15-12(17)6-11(7-13(15)21-4)16(20)23-9-14(19)18-8-10(2)3/h6-7,10H,5,8-9H2,1-4H3,(H,18,19). The first-order valence-corrected chi connectivity index (χ1v) is 8.12. The van der Waals surface area contributed by atoms with Gasteiger partial charge in [-0.3, -0.25) is 4.79 Å². The van der Waals surface area contributed by atoms with Gasteiger partial charge in [-0.1, -0.05) is 13.8 Å². The van der Waals surface area contributed by atoms with Crippen molar-refractivity contribution in [3.05, 3.63) is 22.2 Å². The molecule has 1 N–H and O–H groups in total. The molecule has 1 aromatic carbocycles. The third-order valence-corrected chi connectivity index (χ3v) is 3.38. The molecule has 1 rings (SSSR count). The summed E-state index contributed by atoms with van der Waals surface area (Å²) in [4.78, 5) is 23.6. The number of esters is 1. The Hall–Kier alpha value is -1.76. The van der Waals surface area contributed by atoms with Crippen molar-refractivity contribution in [1.29, 1.82) is 0 Å². The van der Waals surface area contributed by atoms with Gasteiger partial charge in [-0.15, -0.1) is 0 Å². The lowest BCUT2D eigenvalue weighted by molar-refractivity contribution is -0.124. The molecule has 0 spiro atoms. The van der Waals surface area contributed by atoms with Crippen LogP contribution in [0, 0.1) is 5.92 Å². The summed E-state index contributed by atoms with van der Waals surface area (Å²) in [5, 5.41) is 2.68. The van der Waals surface area contributed by atoms with Gasteiger partial charge in [0, 0.05) is 6.54 Å². The van der Waals surface area contributed by atoms with E-state index in [0.717, 1.165) is 0 Å². The predicted octanol–water partition coefficient (Wildman–Crippen LogP) is 2.79. The molecule has 0 aromatic heterocycles. The number of amides is 1. The van der Waals surface area contributed by atoms with Gasteiger partial charge >= 0.3 is 5.97 Å². The van der Waals surface area contributed by atoms with E-state index in [1.54, 1.807) is 6.07 Å². The number of hydrogen-bond acceptors (Lipinski definition) is 5. The van der Waals surface area contributed by atoms with E-state index in [2.05, 4.69) is 21.2 Å². The highest BCUT2D eigenvalue weighted by Crippen LogP contribution is 2.36. The predicted molar refractivity (Wildman–Crippen MR) is 90.0 cm³/mol. The van der Waals surface area contributed by atoms with Gasteiger partial charge in [-0.05, 0) is 40.9 Å². The molecule has 1 amide bonds. The Balaban J connectivity index is 2.73. The van der Waals surface area contributed by atoms with Crippen LogP contribution in [0.5, 0.6) is 11.5 Å². The Morgan fingerprint density at radius 2 is 2.00 bits per heavy atom. The van der Waals surface area contributed by atoms with Gasteiger partial charge in [-0.2, -0.15) is 0 Å². The van der Waals surface area contributed by atoms with E-state index in [9.17, 15) is 9.59 Å². The number of carbonyl (C=O) groups excluding carboxylic acids is 2. The summed E-state index contributed by atoms with van der Waals surface area (Å²) in [7, 11) is 1.48. The van der Waals surface area contributed by atoms with Crippen LogP contribution in [0.25, 0.3) is 0 Å². The maximum Gasteiger partial charge on any atom is 0.338 e. The van der Waals surface area contributed by atoms with Gasteiger partial charge < -0.3 is 19.5 Å². The second kappa shape index (κ2) is 9.39. The Morgan fingerprint density at radius 1 is 1.30 bits per heavy atom. The highest BCUT2D eigenvalue weighted by atomic mass is 79.9. The van der Waals surface area contributed by atoms with Crippen molar-refractivity contribution in [2.75, 3.05) is 26.9 Å².